The molecule has 2 rings (SSSR count). The van der Waals surface area contributed by atoms with Gasteiger partial charge < -0.3 is 15.6 Å². The number of aliphatic hydroxyl groups excluding tert-OH is 1. The van der Waals surface area contributed by atoms with Crippen LogP contribution in [0.2, 0.25) is 0 Å². The summed E-state index contributed by atoms with van der Waals surface area (Å²) in [5, 5.41) is 9.36. The van der Waals surface area contributed by atoms with Crippen molar-refractivity contribution >= 4 is 14.1 Å². The maximum atomic E-state index is 11.7. The van der Waals surface area contributed by atoms with Crippen molar-refractivity contribution in [2.75, 3.05) is 18.9 Å². The zero-order valence-electron chi connectivity index (χ0n) is 10.7. The van der Waals surface area contributed by atoms with Gasteiger partial charge in [-0.1, -0.05) is 0 Å². The first-order valence-corrected chi connectivity index (χ1v) is 6.98. The van der Waals surface area contributed by atoms with Gasteiger partial charge in [-0.05, 0) is 13.0 Å². The van der Waals surface area contributed by atoms with Gasteiger partial charge in [-0.25, -0.2) is 4.79 Å². The van der Waals surface area contributed by atoms with Gasteiger partial charge in [-0.3, -0.25) is 4.57 Å². The molecule has 1 unspecified atom stereocenters. The van der Waals surface area contributed by atoms with Gasteiger partial charge in [0.25, 0.3) is 0 Å². The van der Waals surface area contributed by atoms with Crippen LogP contribution in [0.15, 0.2) is 17.1 Å². The SMILES string of the molecule is C[C@@H]1O[P+](=O)OC[C@H]1O[C@H](CO)n1ccc(N)nc1=O. The maximum Gasteiger partial charge on any atom is 0.697 e. The van der Waals surface area contributed by atoms with Crippen LogP contribution in [0.5, 0.6) is 0 Å². The second kappa shape index (κ2) is 6.38. The fraction of sp³-hybridized carbons (Fsp3) is 0.600. The van der Waals surface area contributed by atoms with E-state index in [1.807, 2.05) is 0 Å². The highest BCUT2D eigenvalue weighted by atomic mass is 31.1. The van der Waals surface area contributed by atoms with E-state index >= 15 is 0 Å². The van der Waals surface area contributed by atoms with Crippen molar-refractivity contribution in [2.45, 2.75) is 25.4 Å². The highest BCUT2D eigenvalue weighted by Gasteiger charge is 2.40. The Morgan fingerprint density at radius 2 is 2.50 bits per heavy atom. The molecule has 9 nitrogen and oxygen atoms in total. The molecule has 1 aliphatic heterocycles. The van der Waals surface area contributed by atoms with Crippen LogP contribution in [0.25, 0.3) is 0 Å². The lowest BCUT2D eigenvalue weighted by Crippen LogP contribution is -2.40. The maximum absolute atomic E-state index is 11.7. The summed E-state index contributed by atoms with van der Waals surface area (Å²) in [6.45, 7) is 1.27. The summed E-state index contributed by atoms with van der Waals surface area (Å²) in [5.74, 6) is 0.0811. The van der Waals surface area contributed by atoms with Crippen LogP contribution in [0.1, 0.15) is 13.2 Å². The van der Waals surface area contributed by atoms with Crippen LogP contribution in [0.4, 0.5) is 5.82 Å². The topological polar surface area (TPSA) is 126 Å². The van der Waals surface area contributed by atoms with E-state index in [0.717, 1.165) is 4.57 Å². The van der Waals surface area contributed by atoms with E-state index in [0.29, 0.717) is 0 Å². The molecule has 0 bridgehead atoms. The van der Waals surface area contributed by atoms with Crippen molar-refractivity contribution in [3.05, 3.63) is 22.7 Å². The first-order chi connectivity index (χ1) is 9.51. The second-order valence-corrected chi connectivity index (χ2v) is 5.10. The molecule has 1 aliphatic rings. The van der Waals surface area contributed by atoms with E-state index in [-0.39, 0.29) is 12.4 Å². The molecule has 110 valence electrons. The zero-order valence-corrected chi connectivity index (χ0v) is 11.6. The molecule has 0 aromatic carbocycles. The lowest BCUT2D eigenvalue weighted by atomic mass is 10.2. The normalized spacial score (nSPS) is 26.4. The predicted octanol–water partition coefficient (Wildman–Crippen LogP) is -0.206. The molecule has 20 heavy (non-hydrogen) atoms. The van der Waals surface area contributed by atoms with Crippen LogP contribution >= 0.6 is 8.25 Å². The number of anilines is 1. The molecule has 1 aromatic rings. The fourth-order valence-electron chi connectivity index (χ4n) is 1.70. The first kappa shape index (κ1) is 15.0. The highest BCUT2D eigenvalue weighted by molar-refractivity contribution is 7.33. The molecule has 1 aromatic heterocycles. The van der Waals surface area contributed by atoms with Gasteiger partial charge in [-0.15, -0.1) is 9.05 Å². The molecule has 0 spiro atoms. The summed E-state index contributed by atoms with van der Waals surface area (Å²) in [7, 11) is -2.14. The summed E-state index contributed by atoms with van der Waals surface area (Å²) in [4.78, 5) is 15.2. The number of nitrogen functional groups attached to an aromatic ring is 1. The largest absolute Gasteiger partial charge is 0.697 e. The van der Waals surface area contributed by atoms with Crippen LogP contribution in [-0.4, -0.2) is 40.1 Å². The standard InChI is InChI=1S/C10H14N3O6P/c1-6-7(5-17-20(16)19-6)18-9(4-14)13-3-2-8(11)12-10(13)15/h2-3,6-7,9,14H,4-5H2,1H3,(H-,11,12,15)/p+1/t6-,7+,9+/m0/s1. The van der Waals surface area contributed by atoms with Crippen molar-refractivity contribution in [3.63, 3.8) is 0 Å². The van der Waals surface area contributed by atoms with Gasteiger partial charge in [-0.2, -0.15) is 4.98 Å². The molecule has 0 amide bonds. The van der Waals surface area contributed by atoms with Gasteiger partial charge in [0.2, 0.25) is 0 Å². The third-order valence-electron chi connectivity index (χ3n) is 2.77. The number of aromatic nitrogens is 2. The average molecular weight is 304 g/mol. The highest BCUT2D eigenvalue weighted by Crippen LogP contribution is 2.34. The van der Waals surface area contributed by atoms with Crippen molar-refractivity contribution in [2.24, 2.45) is 0 Å². The molecule has 3 N–H and O–H groups in total. The Morgan fingerprint density at radius 1 is 1.75 bits per heavy atom. The minimum Gasteiger partial charge on any atom is -0.392 e. The number of hydrogen-bond donors (Lipinski definition) is 2. The minimum atomic E-state index is -2.14. The molecule has 0 aliphatic carbocycles. The summed E-state index contributed by atoms with van der Waals surface area (Å²) in [6.07, 6.45) is -0.629. The zero-order chi connectivity index (χ0) is 14.7. The van der Waals surface area contributed by atoms with E-state index in [1.165, 1.54) is 12.3 Å². The summed E-state index contributed by atoms with van der Waals surface area (Å²) in [6, 6.07) is 1.42. The molecule has 1 saturated heterocycles. The molecule has 10 heteroatoms. The third-order valence-corrected chi connectivity index (χ3v) is 3.63. The summed E-state index contributed by atoms with van der Waals surface area (Å²) in [5.41, 5.74) is 4.75. The van der Waals surface area contributed by atoms with Gasteiger partial charge in [0.15, 0.2) is 6.23 Å². The summed E-state index contributed by atoms with van der Waals surface area (Å²) < 4.78 is 27.6. The molecule has 0 saturated carbocycles. The van der Waals surface area contributed by atoms with Gasteiger partial charge >= 0.3 is 13.9 Å². The lowest BCUT2D eigenvalue weighted by molar-refractivity contribution is -0.140. The Balaban J connectivity index is 2.12. The van der Waals surface area contributed by atoms with Crippen LogP contribution in [-0.2, 0) is 18.3 Å². The number of aliphatic hydroxyl groups is 1. The van der Waals surface area contributed by atoms with Gasteiger partial charge in [0.1, 0.15) is 24.6 Å². The van der Waals surface area contributed by atoms with Crippen LogP contribution in [0, 0.1) is 0 Å². The van der Waals surface area contributed by atoms with Crippen molar-refractivity contribution in [1.29, 1.82) is 0 Å². The Hall–Kier alpha value is -1.38. The Labute approximate surface area is 115 Å². The van der Waals surface area contributed by atoms with Gasteiger partial charge in [0, 0.05) is 10.8 Å². The molecule has 0 radical (unpaired) electrons. The third kappa shape index (κ3) is 3.38. The lowest BCUT2D eigenvalue weighted by Gasteiger charge is -2.26. The molecular formula is C10H15N3O6P+. The van der Waals surface area contributed by atoms with Crippen molar-refractivity contribution < 1.29 is 23.5 Å². The quantitative estimate of drug-likeness (QED) is 0.732. The fourth-order valence-corrected chi connectivity index (χ4v) is 2.43. The van der Waals surface area contributed by atoms with Gasteiger partial charge in [0.05, 0.1) is 6.61 Å². The van der Waals surface area contributed by atoms with E-state index in [4.69, 9.17) is 19.5 Å². The van der Waals surface area contributed by atoms with Crippen molar-refractivity contribution in [1.82, 2.24) is 9.55 Å². The van der Waals surface area contributed by atoms with Crippen molar-refractivity contribution in [3.8, 4) is 0 Å². The summed E-state index contributed by atoms with van der Waals surface area (Å²) >= 11 is 0. The van der Waals surface area contributed by atoms with E-state index in [1.54, 1.807) is 6.92 Å². The minimum absolute atomic E-state index is 0.0457. The van der Waals surface area contributed by atoms with Crippen LogP contribution < -0.4 is 11.4 Å². The smallest absolute Gasteiger partial charge is 0.392 e. The number of ether oxygens (including phenoxy) is 1. The number of hydrogen-bond acceptors (Lipinski definition) is 8. The number of nitrogens with zero attached hydrogens (tertiary/aromatic N) is 2. The Kier molecular flexibility index (Phi) is 4.79. The van der Waals surface area contributed by atoms with Crippen LogP contribution in [0.3, 0.4) is 0 Å². The molecular weight excluding hydrogens is 289 g/mol. The Morgan fingerprint density at radius 3 is 3.10 bits per heavy atom. The van der Waals surface area contributed by atoms with E-state index in [2.05, 4.69) is 4.98 Å². The number of nitrogens with two attached hydrogens (primary N) is 1. The monoisotopic (exact) mass is 304 g/mol. The van der Waals surface area contributed by atoms with E-state index in [9.17, 15) is 14.5 Å². The first-order valence-electron chi connectivity index (χ1n) is 5.89. The van der Waals surface area contributed by atoms with E-state index < -0.39 is 39.0 Å². The number of rotatable bonds is 4. The average Bonchev–Trinajstić information content (AvgIpc) is 2.39. The molecule has 4 atom stereocenters. The predicted molar refractivity (Wildman–Crippen MR) is 68.0 cm³/mol. The Bertz CT molecular complexity index is 550. The molecule has 1 fully saturated rings. The second-order valence-electron chi connectivity index (χ2n) is 4.18. The molecule has 2 heterocycles.